The summed E-state index contributed by atoms with van der Waals surface area (Å²) >= 11 is 0. The topological polar surface area (TPSA) is 129 Å². The van der Waals surface area contributed by atoms with Gasteiger partial charge in [0.15, 0.2) is 0 Å². The summed E-state index contributed by atoms with van der Waals surface area (Å²) in [5.41, 5.74) is 13.1. The van der Waals surface area contributed by atoms with Crippen molar-refractivity contribution in [3.05, 3.63) is 101 Å². The van der Waals surface area contributed by atoms with Crippen molar-refractivity contribution in [1.82, 2.24) is 5.32 Å². The van der Waals surface area contributed by atoms with Gasteiger partial charge >= 0.3 is 6.09 Å². The van der Waals surface area contributed by atoms with Gasteiger partial charge in [-0.15, -0.1) is 0 Å². The molecule has 4 rings (SSSR count). The van der Waals surface area contributed by atoms with E-state index in [1.54, 1.807) is 6.07 Å². The zero-order chi connectivity index (χ0) is 28.6. The molecule has 0 radical (unpaired) electrons. The van der Waals surface area contributed by atoms with Crippen molar-refractivity contribution in [1.29, 1.82) is 0 Å². The van der Waals surface area contributed by atoms with Crippen LogP contribution in [0.3, 0.4) is 0 Å². The Kier molecular flexibility index (Phi) is 9.75. The van der Waals surface area contributed by atoms with E-state index in [9.17, 15) is 22.8 Å². The highest BCUT2D eigenvalue weighted by atomic mass is 19.1. The van der Waals surface area contributed by atoms with Gasteiger partial charge in [0.05, 0.1) is 24.8 Å². The predicted molar refractivity (Wildman–Crippen MR) is 143 cm³/mol. The van der Waals surface area contributed by atoms with Crippen LogP contribution in [0.15, 0.2) is 66.7 Å². The van der Waals surface area contributed by atoms with E-state index in [4.69, 9.17) is 20.9 Å². The van der Waals surface area contributed by atoms with Crippen molar-refractivity contribution >= 4 is 17.7 Å². The first kappa shape index (κ1) is 29.1. The van der Waals surface area contributed by atoms with Gasteiger partial charge in [0.25, 0.3) is 0 Å². The Balaban J connectivity index is 1.45. The van der Waals surface area contributed by atoms with Crippen LogP contribution in [0.4, 0.5) is 23.7 Å². The highest BCUT2D eigenvalue weighted by molar-refractivity contribution is 5.96. The SMILES string of the molecule is NC(=O)OCC1CO[C@H](CCc2c(F)cccc2NC(=O)[C@@H](N)C(c2ccc(F)cc2)c2ccc(F)cc2)CN1. The standard InChI is InChI=1S/C29H31F3N4O4/c30-19-8-4-17(5-9-19)26(18-6-10-20(31)11-7-18)27(33)28(37)36-25-3-1-2-24(32)23(25)13-12-22-14-35-21(15-39-22)16-40-29(34)38/h1-11,21-22,26-27,35H,12-16,33H2,(H2,34,38)(H,36,37)/t21?,22-,27+/m1/s1. The summed E-state index contributed by atoms with van der Waals surface area (Å²) in [4.78, 5) is 24.1. The largest absolute Gasteiger partial charge is 0.448 e. The fourth-order valence-electron chi connectivity index (χ4n) is 4.69. The first-order chi connectivity index (χ1) is 19.2. The summed E-state index contributed by atoms with van der Waals surface area (Å²) in [6.07, 6.45) is -0.359. The molecule has 1 unspecified atom stereocenters. The van der Waals surface area contributed by atoms with Crippen LogP contribution in [-0.2, 0) is 20.7 Å². The van der Waals surface area contributed by atoms with E-state index in [-0.39, 0.29) is 30.9 Å². The maximum atomic E-state index is 14.9. The molecule has 1 aliphatic rings. The second-order valence-corrected chi connectivity index (χ2v) is 9.59. The third kappa shape index (κ3) is 7.59. The van der Waals surface area contributed by atoms with Crippen molar-refractivity contribution in [2.45, 2.75) is 36.9 Å². The van der Waals surface area contributed by atoms with Crippen LogP contribution in [0, 0.1) is 17.5 Å². The Morgan fingerprint density at radius 2 is 1.62 bits per heavy atom. The van der Waals surface area contributed by atoms with E-state index in [0.29, 0.717) is 36.3 Å². The van der Waals surface area contributed by atoms with Gasteiger partial charge in [-0.1, -0.05) is 30.3 Å². The van der Waals surface area contributed by atoms with Gasteiger partial charge in [-0.05, 0) is 60.4 Å². The van der Waals surface area contributed by atoms with Crippen molar-refractivity contribution in [2.24, 2.45) is 11.5 Å². The summed E-state index contributed by atoms with van der Waals surface area (Å²) in [5.74, 6) is -2.69. The molecule has 6 N–H and O–H groups in total. The van der Waals surface area contributed by atoms with Crippen LogP contribution in [0.2, 0.25) is 0 Å². The Labute approximate surface area is 229 Å². The number of nitrogens with two attached hydrogens (primary N) is 2. The van der Waals surface area contributed by atoms with Crippen LogP contribution < -0.4 is 22.1 Å². The number of anilines is 1. The lowest BCUT2D eigenvalue weighted by molar-refractivity contribution is -0.117. The van der Waals surface area contributed by atoms with E-state index in [1.165, 1.54) is 60.7 Å². The van der Waals surface area contributed by atoms with Gasteiger partial charge in [0.1, 0.15) is 24.1 Å². The molecule has 1 aliphatic heterocycles. The molecule has 11 heteroatoms. The molecule has 1 fully saturated rings. The summed E-state index contributed by atoms with van der Waals surface area (Å²) < 4.78 is 52.7. The van der Waals surface area contributed by atoms with Crippen LogP contribution in [0.25, 0.3) is 0 Å². The number of rotatable bonds is 10. The number of carbonyl (C=O) groups excluding carboxylic acids is 2. The summed E-state index contributed by atoms with van der Waals surface area (Å²) in [6, 6.07) is 14.2. The van der Waals surface area contributed by atoms with Crippen molar-refractivity contribution < 1.29 is 32.2 Å². The monoisotopic (exact) mass is 556 g/mol. The van der Waals surface area contributed by atoms with E-state index in [2.05, 4.69) is 10.6 Å². The zero-order valence-corrected chi connectivity index (χ0v) is 21.6. The molecule has 0 spiro atoms. The predicted octanol–water partition coefficient (Wildman–Crippen LogP) is 3.59. The Bertz CT molecular complexity index is 1250. The Hall–Kier alpha value is -3.93. The van der Waals surface area contributed by atoms with E-state index >= 15 is 0 Å². The molecule has 0 bridgehead atoms. The Morgan fingerprint density at radius 3 is 2.17 bits per heavy atom. The normalized spacial score (nSPS) is 17.8. The molecule has 3 aromatic carbocycles. The maximum Gasteiger partial charge on any atom is 0.404 e. The molecular weight excluding hydrogens is 525 g/mol. The third-order valence-electron chi connectivity index (χ3n) is 6.81. The highest BCUT2D eigenvalue weighted by Crippen LogP contribution is 2.29. The average Bonchev–Trinajstić information content (AvgIpc) is 2.94. The van der Waals surface area contributed by atoms with Crippen molar-refractivity contribution in [3.8, 4) is 0 Å². The molecule has 212 valence electrons. The number of hydrogen-bond donors (Lipinski definition) is 4. The first-order valence-electron chi connectivity index (χ1n) is 12.8. The van der Waals surface area contributed by atoms with E-state index in [0.717, 1.165) is 0 Å². The van der Waals surface area contributed by atoms with Gasteiger partial charge in [-0.3, -0.25) is 4.79 Å². The molecule has 0 aromatic heterocycles. The van der Waals surface area contributed by atoms with Crippen LogP contribution >= 0.6 is 0 Å². The molecule has 3 atom stereocenters. The van der Waals surface area contributed by atoms with Gasteiger partial charge < -0.3 is 31.6 Å². The number of ether oxygens (including phenoxy) is 2. The number of carbonyl (C=O) groups is 2. The van der Waals surface area contributed by atoms with Crippen molar-refractivity contribution in [3.63, 3.8) is 0 Å². The number of nitrogens with one attached hydrogen (secondary N) is 2. The summed E-state index contributed by atoms with van der Waals surface area (Å²) in [7, 11) is 0. The molecule has 2 amide bonds. The fraction of sp³-hybridized carbons (Fsp3) is 0.310. The second kappa shape index (κ2) is 13.4. The number of benzene rings is 3. The Morgan fingerprint density at radius 1 is 1.00 bits per heavy atom. The fourth-order valence-corrected chi connectivity index (χ4v) is 4.69. The minimum Gasteiger partial charge on any atom is -0.448 e. The lowest BCUT2D eigenvalue weighted by atomic mass is 9.85. The van der Waals surface area contributed by atoms with Gasteiger partial charge in [-0.25, -0.2) is 18.0 Å². The molecule has 40 heavy (non-hydrogen) atoms. The van der Waals surface area contributed by atoms with Gasteiger partial charge in [-0.2, -0.15) is 0 Å². The van der Waals surface area contributed by atoms with Crippen LogP contribution in [0.5, 0.6) is 0 Å². The smallest absolute Gasteiger partial charge is 0.404 e. The van der Waals surface area contributed by atoms with Crippen LogP contribution in [0.1, 0.15) is 29.0 Å². The van der Waals surface area contributed by atoms with E-state index in [1.807, 2.05) is 0 Å². The minimum absolute atomic E-state index is 0.0860. The molecule has 1 heterocycles. The molecule has 0 aliphatic carbocycles. The number of amides is 2. The molecule has 3 aromatic rings. The number of morpholine rings is 1. The zero-order valence-electron chi connectivity index (χ0n) is 21.6. The molecule has 1 saturated heterocycles. The van der Waals surface area contributed by atoms with Crippen molar-refractivity contribution in [2.75, 3.05) is 25.1 Å². The minimum atomic E-state index is -1.16. The van der Waals surface area contributed by atoms with Crippen LogP contribution in [-0.4, -0.2) is 49.9 Å². The average molecular weight is 557 g/mol. The summed E-state index contributed by atoms with van der Waals surface area (Å²) in [6.45, 7) is 0.843. The highest BCUT2D eigenvalue weighted by Gasteiger charge is 2.29. The van der Waals surface area contributed by atoms with Gasteiger partial charge in [0.2, 0.25) is 5.91 Å². The lowest BCUT2D eigenvalue weighted by Gasteiger charge is -2.30. The third-order valence-corrected chi connectivity index (χ3v) is 6.81. The summed E-state index contributed by atoms with van der Waals surface area (Å²) in [5, 5.41) is 5.95. The molecule has 0 saturated carbocycles. The first-order valence-corrected chi connectivity index (χ1v) is 12.8. The molecule has 8 nitrogen and oxygen atoms in total. The number of hydrogen-bond acceptors (Lipinski definition) is 6. The number of halogens is 3. The van der Waals surface area contributed by atoms with Gasteiger partial charge in [0, 0.05) is 23.7 Å². The lowest BCUT2D eigenvalue weighted by Crippen LogP contribution is -2.49. The number of primary amides is 1. The molecular formula is C29H31F3N4O4. The maximum absolute atomic E-state index is 14.9. The van der Waals surface area contributed by atoms with E-state index < -0.39 is 41.4 Å². The quantitative estimate of drug-likeness (QED) is 0.302. The second-order valence-electron chi connectivity index (χ2n) is 9.59.